The molecule has 1 amide bonds. The molecule has 0 saturated carbocycles. The van der Waals surface area contributed by atoms with Crippen LogP contribution < -0.4 is 15.0 Å². The molecule has 2 aromatic rings. The Balaban J connectivity index is 1.79. The third-order valence-corrected chi connectivity index (χ3v) is 4.61. The van der Waals surface area contributed by atoms with Gasteiger partial charge in [0.15, 0.2) is 0 Å². The van der Waals surface area contributed by atoms with Crippen molar-refractivity contribution in [1.82, 2.24) is 4.98 Å². The minimum absolute atomic E-state index is 0.177. The largest absolute Gasteiger partial charge is 0.495 e. The third-order valence-electron chi connectivity index (χ3n) is 4.61. The Bertz CT molecular complexity index is 760. The van der Waals surface area contributed by atoms with Crippen LogP contribution in [0, 0.1) is 12.8 Å². The second-order valence-corrected chi connectivity index (χ2v) is 6.78. The molecule has 1 unspecified atom stereocenters. The Morgan fingerprint density at radius 1 is 1.32 bits per heavy atom. The highest BCUT2D eigenvalue weighted by Gasteiger charge is 2.18. The molecule has 0 spiro atoms. The van der Waals surface area contributed by atoms with Crippen molar-refractivity contribution in [2.45, 2.75) is 26.7 Å². The number of carbonyl (C=O) groups is 1. The van der Waals surface area contributed by atoms with Crippen LogP contribution in [0.2, 0.25) is 0 Å². The molecule has 25 heavy (non-hydrogen) atoms. The summed E-state index contributed by atoms with van der Waals surface area (Å²) in [5.41, 5.74) is 3.30. The van der Waals surface area contributed by atoms with E-state index < -0.39 is 0 Å². The fourth-order valence-electron chi connectivity index (χ4n) is 3.26. The zero-order valence-corrected chi connectivity index (χ0v) is 15.1. The van der Waals surface area contributed by atoms with Crippen molar-refractivity contribution in [2.24, 2.45) is 5.92 Å². The molecule has 5 nitrogen and oxygen atoms in total. The lowest BCUT2D eigenvalue weighted by molar-refractivity contribution is 0.102. The smallest absolute Gasteiger partial charge is 0.257 e. The van der Waals surface area contributed by atoms with E-state index in [0.717, 1.165) is 24.3 Å². The highest BCUT2D eigenvalue weighted by molar-refractivity contribution is 6.05. The van der Waals surface area contributed by atoms with Gasteiger partial charge in [0, 0.05) is 19.3 Å². The quantitative estimate of drug-likeness (QED) is 0.918. The monoisotopic (exact) mass is 339 g/mol. The van der Waals surface area contributed by atoms with Crippen LogP contribution >= 0.6 is 0 Å². The van der Waals surface area contributed by atoms with Crippen molar-refractivity contribution in [3.63, 3.8) is 0 Å². The van der Waals surface area contributed by atoms with Gasteiger partial charge in [0.25, 0.3) is 5.91 Å². The van der Waals surface area contributed by atoms with Gasteiger partial charge < -0.3 is 15.0 Å². The lowest BCUT2D eigenvalue weighted by Crippen LogP contribution is -2.34. The van der Waals surface area contributed by atoms with Crippen LogP contribution in [0.1, 0.15) is 35.7 Å². The average Bonchev–Trinajstić information content (AvgIpc) is 2.62. The SMILES string of the molecule is COc1ccc(C)cc1NC(=O)c1cncc(N2CCCC(C)C2)c1. The first-order chi connectivity index (χ1) is 12.1. The molecular weight excluding hydrogens is 314 g/mol. The summed E-state index contributed by atoms with van der Waals surface area (Å²) in [6.07, 6.45) is 5.88. The lowest BCUT2D eigenvalue weighted by Gasteiger charge is -2.32. The molecule has 1 N–H and O–H groups in total. The number of benzene rings is 1. The van der Waals surface area contributed by atoms with E-state index in [-0.39, 0.29) is 5.91 Å². The van der Waals surface area contributed by atoms with Crippen molar-refractivity contribution in [1.29, 1.82) is 0 Å². The minimum atomic E-state index is -0.177. The number of piperidine rings is 1. The number of aromatic nitrogens is 1. The molecular formula is C20H25N3O2. The second-order valence-electron chi connectivity index (χ2n) is 6.78. The summed E-state index contributed by atoms with van der Waals surface area (Å²) in [5.74, 6) is 1.14. The van der Waals surface area contributed by atoms with Gasteiger partial charge in [0.1, 0.15) is 5.75 Å². The maximum Gasteiger partial charge on any atom is 0.257 e. The zero-order chi connectivity index (χ0) is 17.8. The van der Waals surface area contributed by atoms with E-state index in [9.17, 15) is 4.79 Å². The van der Waals surface area contributed by atoms with Crippen LogP contribution in [-0.4, -0.2) is 31.1 Å². The first kappa shape index (κ1) is 17.3. The number of pyridine rings is 1. The number of rotatable bonds is 4. The molecule has 1 aliphatic heterocycles. The van der Waals surface area contributed by atoms with Crippen molar-refractivity contribution in [2.75, 3.05) is 30.4 Å². The number of methoxy groups -OCH3 is 1. The van der Waals surface area contributed by atoms with Crippen molar-refractivity contribution in [3.8, 4) is 5.75 Å². The Kier molecular flexibility index (Phi) is 5.22. The van der Waals surface area contributed by atoms with Crippen molar-refractivity contribution < 1.29 is 9.53 Å². The molecule has 1 aromatic heterocycles. The van der Waals surface area contributed by atoms with E-state index in [2.05, 4.69) is 22.1 Å². The Labute approximate surface area is 149 Å². The van der Waals surface area contributed by atoms with Crippen LogP contribution in [0.25, 0.3) is 0 Å². The van der Waals surface area contributed by atoms with Crippen molar-refractivity contribution in [3.05, 3.63) is 47.8 Å². The molecule has 1 atom stereocenters. The van der Waals surface area contributed by atoms with Gasteiger partial charge in [-0.25, -0.2) is 0 Å². The third kappa shape index (κ3) is 4.10. The van der Waals surface area contributed by atoms with E-state index >= 15 is 0 Å². The highest BCUT2D eigenvalue weighted by atomic mass is 16.5. The van der Waals surface area contributed by atoms with E-state index in [4.69, 9.17) is 4.74 Å². The van der Waals surface area contributed by atoms with Crippen LogP contribution in [0.15, 0.2) is 36.7 Å². The van der Waals surface area contributed by atoms with E-state index in [1.54, 1.807) is 13.3 Å². The standard InChI is InChI=1S/C20H25N3O2/c1-14-6-7-19(25-3)18(9-14)22-20(24)16-10-17(12-21-11-16)23-8-4-5-15(2)13-23/h6-7,9-12,15H,4-5,8,13H2,1-3H3,(H,22,24). The first-order valence-electron chi connectivity index (χ1n) is 8.73. The molecule has 1 aliphatic rings. The number of hydrogen-bond donors (Lipinski definition) is 1. The lowest BCUT2D eigenvalue weighted by atomic mass is 10.00. The predicted octanol–water partition coefficient (Wildman–Crippen LogP) is 3.89. The number of hydrogen-bond acceptors (Lipinski definition) is 4. The molecule has 0 radical (unpaired) electrons. The molecule has 0 bridgehead atoms. The molecule has 5 heteroatoms. The number of carbonyl (C=O) groups excluding carboxylic acids is 1. The number of nitrogens with one attached hydrogen (secondary N) is 1. The van der Waals surface area contributed by atoms with Crippen LogP contribution in [0.3, 0.4) is 0 Å². The summed E-state index contributed by atoms with van der Waals surface area (Å²) < 4.78 is 5.33. The molecule has 2 heterocycles. The van der Waals surface area contributed by atoms with Crippen LogP contribution in [-0.2, 0) is 0 Å². The summed E-state index contributed by atoms with van der Waals surface area (Å²) in [5, 5.41) is 2.94. The summed E-state index contributed by atoms with van der Waals surface area (Å²) in [6.45, 7) is 6.27. The summed E-state index contributed by atoms with van der Waals surface area (Å²) in [7, 11) is 1.60. The zero-order valence-electron chi connectivity index (χ0n) is 15.1. The Morgan fingerprint density at radius 2 is 2.16 bits per heavy atom. The maximum absolute atomic E-state index is 12.7. The molecule has 132 valence electrons. The topological polar surface area (TPSA) is 54.5 Å². The van der Waals surface area contributed by atoms with E-state index in [1.165, 1.54) is 12.8 Å². The highest BCUT2D eigenvalue weighted by Crippen LogP contribution is 2.27. The second kappa shape index (κ2) is 7.55. The average molecular weight is 339 g/mol. The van der Waals surface area contributed by atoms with Gasteiger partial charge in [-0.2, -0.15) is 0 Å². The summed E-state index contributed by atoms with van der Waals surface area (Å²) >= 11 is 0. The van der Waals surface area contributed by atoms with Gasteiger partial charge in [0.05, 0.1) is 30.2 Å². The number of aryl methyl sites for hydroxylation is 1. The summed E-state index contributed by atoms with van der Waals surface area (Å²) in [4.78, 5) is 19.3. The normalized spacial score (nSPS) is 17.2. The Morgan fingerprint density at radius 3 is 2.92 bits per heavy atom. The predicted molar refractivity (Wildman–Crippen MR) is 101 cm³/mol. The summed E-state index contributed by atoms with van der Waals surface area (Å²) in [6, 6.07) is 7.63. The number of anilines is 2. The van der Waals surface area contributed by atoms with Gasteiger partial charge in [-0.05, 0) is 49.4 Å². The van der Waals surface area contributed by atoms with Gasteiger partial charge in [-0.1, -0.05) is 13.0 Å². The first-order valence-corrected chi connectivity index (χ1v) is 8.73. The van der Waals surface area contributed by atoms with Crippen LogP contribution in [0.4, 0.5) is 11.4 Å². The van der Waals surface area contributed by atoms with E-state index in [1.807, 2.05) is 37.4 Å². The molecule has 0 aliphatic carbocycles. The van der Waals surface area contributed by atoms with Gasteiger partial charge >= 0.3 is 0 Å². The number of ether oxygens (including phenoxy) is 1. The van der Waals surface area contributed by atoms with Gasteiger partial charge in [-0.3, -0.25) is 9.78 Å². The molecule has 3 rings (SSSR count). The number of nitrogens with zero attached hydrogens (tertiary/aromatic N) is 2. The van der Waals surface area contributed by atoms with Gasteiger partial charge in [0.2, 0.25) is 0 Å². The van der Waals surface area contributed by atoms with Crippen molar-refractivity contribution >= 4 is 17.3 Å². The molecule has 1 saturated heterocycles. The van der Waals surface area contributed by atoms with E-state index in [0.29, 0.717) is 22.9 Å². The molecule has 1 aromatic carbocycles. The fraction of sp³-hybridized carbons (Fsp3) is 0.400. The van der Waals surface area contributed by atoms with Gasteiger partial charge in [-0.15, -0.1) is 0 Å². The Hall–Kier alpha value is -2.56. The minimum Gasteiger partial charge on any atom is -0.495 e. The maximum atomic E-state index is 12.7. The fourth-order valence-corrected chi connectivity index (χ4v) is 3.26. The van der Waals surface area contributed by atoms with Crippen LogP contribution in [0.5, 0.6) is 5.75 Å². The number of amides is 1. The molecule has 1 fully saturated rings.